The molecule has 1 fully saturated rings. The number of hydrogen-bond donors (Lipinski definition) is 1. The number of alkyl halides is 2. The van der Waals surface area contributed by atoms with Crippen molar-refractivity contribution < 1.29 is 18.3 Å². The molecule has 1 N–H and O–H groups in total. The molecule has 0 aliphatic carbocycles. The molecule has 1 aliphatic heterocycles. The number of piperazine rings is 1. The van der Waals surface area contributed by atoms with Crippen LogP contribution in [0.15, 0.2) is 12.1 Å². The first-order valence-electron chi connectivity index (χ1n) is 7.11. The van der Waals surface area contributed by atoms with Gasteiger partial charge in [-0.3, -0.25) is 0 Å². The second-order valence-electron chi connectivity index (χ2n) is 5.05. The Labute approximate surface area is 124 Å². The normalized spacial score (nSPS) is 16.2. The Morgan fingerprint density at radius 1 is 1.14 bits per heavy atom. The molecule has 0 aromatic heterocycles. The van der Waals surface area contributed by atoms with Crippen LogP contribution < -0.4 is 14.8 Å². The lowest BCUT2D eigenvalue weighted by atomic mass is 10.1. The van der Waals surface area contributed by atoms with Crippen LogP contribution in [0, 0.1) is 0 Å². The van der Waals surface area contributed by atoms with Crippen LogP contribution in [0.2, 0.25) is 0 Å². The highest BCUT2D eigenvalue weighted by atomic mass is 19.3. The van der Waals surface area contributed by atoms with Crippen molar-refractivity contribution in [3.05, 3.63) is 23.3 Å². The molecule has 0 saturated carbocycles. The average molecular weight is 300 g/mol. The fourth-order valence-electron chi connectivity index (χ4n) is 2.56. The maximum Gasteiger partial charge on any atom is 0.267 e. The third kappa shape index (κ3) is 4.04. The van der Waals surface area contributed by atoms with Crippen LogP contribution in [0.3, 0.4) is 0 Å². The number of benzene rings is 1. The molecule has 6 heteroatoms. The van der Waals surface area contributed by atoms with Crippen molar-refractivity contribution in [2.75, 3.05) is 46.9 Å². The Kier molecular flexibility index (Phi) is 5.76. The quantitative estimate of drug-likeness (QED) is 0.872. The number of nitrogens with zero attached hydrogens (tertiary/aromatic N) is 1. The fourth-order valence-corrected chi connectivity index (χ4v) is 2.56. The van der Waals surface area contributed by atoms with Crippen LogP contribution in [-0.2, 0) is 6.42 Å². The van der Waals surface area contributed by atoms with Crippen LogP contribution in [0.5, 0.6) is 11.5 Å². The van der Waals surface area contributed by atoms with E-state index in [1.807, 2.05) is 0 Å². The molecule has 0 spiro atoms. The molecule has 0 atom stereocenters. The molecule has 1 heterocycles. The summed E-state index contributed by atoms with van der Waals surface area (Å²) in [5.74, 6) is 0.724. The van der Waals surface area contributed by atoms with Gasteiger partial charge in [0.25, 0.3) is 6.43 Å². The van der Waals surface area contributed by atoms with Gasteiger partial charge < -0.3 is 19.7 Å². The van der Waals surface area contributed by atoms with Gasteiger partial charge in [0.2, 0.25) is 0 Å². The van der Waals surface area contributed by atoms with Crippen molar-refractivity contribution in [3.63, 3.8) is 0 Å². The van der Waals surface area contributed by atoms with Gasteiger partial charge in [0, 0.05) is 32.7 Å². The third-order valence-corrected chi connectivity index (χ3v) is 3.77. The summed E-state index contributed by atoms with van der Waals surface area (Å²) >= 11 is 0. The van der Waals surface area contributed by atoms with E-state index in [4.69, 9.17) is 9.47 Å². The molecule has 1 saturated heterocycles. The summed E-state index contributed by atoms with van der Waals surface area (Å²) in [4.78, 5) is 2.35. The average Bonchev–Trinajstić information content (AvgIpc) is 2.52. The van der Waals surface area contributed by atoms with E-state index in [-0.39, 0.29) is 11.3 Å². The van der Waals surface area contributed by atoms with E-state index in [0.29, 0.717) is 5.75 Å². The van der Waals surface area contributed by atoms with E-state index in [1.54, 1.807) is 6.07 Å². The van der Waals surface area contributed by atoms with Crippen LogP contribution in [0.25, 0.3) is 0 Å². The second kappa shape index (κ2) is 7.56. The van der Waals surface area contributed by atoms with Crippen molar-refractivity contribution in [1.29, 1.82) is 0 Å². The molecular formula is C15H22F2N2O2. The summed E-state index contributed by atoms with van der Waals surface area (Å²) in [6, 6.07) is 3.05. The molecule has 1 aliphatic rings. The first-order valence-corrected chi connectivity index (χ1v) is 7.11. The molecule has 21 heavy (non-hydrogen) atoms. The number of rotatable bonds is 6. The molecular weight excluding hydrogens is 278 g/mol. The molecule has 4 nitrogen and oxygen atoms in total. The maximum atomic E-state index is 13.0. The lowest BCUT2D eigenvalue weighted by molar-refractivity contribution is 0.146. The highest BCUT2D eigenvalue weighted by Gasteiger charge is 2.19. The van der Waals surface area contributed by atoms with Crippen molar-refractivity contribution in [2.45, 2.75) is 12.8 Å². The van der Waals surface area contributed by atoms with E-state index in [9.17, 15) is 8.78 Å². The Bertz CT molecular complexity index is 463. The third-order valence-electron chi connectivity index (χ3n) is 3.77. The number of ether oxygens (including phenoxy) is 2. The Morgan fingerprint density at radius 2 is 1.81 bits per heavy atom. The zero-order valence-corrected chi connectivity index (χ0v) is 12.5. The second-order valence-corrected chi connectivity index (χ2v) is 5.05. The van der Waals surface area contributed by atoms with Crippen molar-refractivity contribution in [1.82, 2.24) is 10.2 Å². The highest BCUT2D eigenvalue weighted by molar-refractivity contribution is 5.47. The van der Waals surface area contributed by atoms with Crippen molar-refractivity contribution in [2.24, 2.45) is 0 Å². The van der Waals surface area contributed by atoms with Gasteiger partial charge in [0.15, 0.2) is 0 Å². The Morgan fingerprint density at radius 3 is 2.38 bits per heavy atom. The largest absolute Gasteiger partial charge is 0.496 e. The minimum absolute atomic E-state index is 0.125. The van der Waals surface area contributed by atoms with Gasteiger partial charge in [-0.25, -0.2) is 8.78 Å². The number of methoxy groups -OCH3 is 2. The predicted molar refractivity (Wildman–Crippen MR) is 77.5 cm³/mol. The van der Waals surface area contributed by atoms with Crippen molar-refractivity contribution in [3.8, 4) is 11.5 Å². The van der Waals surface area contributed by atoms with Crippen LogP contribution >= 0.6 is 0 Å². The minimum Gasteiger partial charge on any atom is -0.496 e. The highest BCUT2D eigenvalue weighted by Crippen LogP contribution is 2.35. The van der Waals surface area contributed by atoms with Gasteiger partial charge >= 0.3 is 0 Å². The summed E-state index contributed by atoms with van der Waals surface area (Å²) in [7, 11) is 2.92. The summed E-state index contributed by atoms with van der Waals surface area (Å²) in [6.07, 6.45) is -1.82. The Hall–Kier alpha value is -1.40. The first-order chi connectivity index (χ1) is 10.2. The van der Waals surface area contributed by atoms with Crippen LogP contribution in [-0.4, -0.2) is 51.8 Å². The van der Waals surface area contributed by atoms with E-state index in [0.717, 1.165) is 44.7 Å². The van der Waals surface area contributed by atoms with Gasteiger partial charge in [0.1, 0.15) is 11.5 Å². The minimum atomic E-state index is -2.57. The number of halogens is 2. The monoisotopic (exact) mass is 300 g/mol. The molecule has 1 aromatic rings. The SMILES string of the molecule is COc1cc(C(F)F)c(OC)cc1CCN1CCNCC1. The predicted octanol–water partition coefficient (Wildman–Crippen LogP) is 2.09. The summed E-state index contributed by atoms with van der Waals surface area (Å²) in [5, 5.41) is 3.30. The number of nitrogens with one attached hydrogen (secondary N) is 1. The summed E-state index contributed by atoms with van der Waals surface area (Å²) in [6.45, 7) is 4.88. The van der Waals surface area contributed by atoms with Gasteiger partial charge in [0.05, 0.1) is 19.8 Å². The van der Waals surface area contributed by atoms with E-state index >= 15 is 0 Å². The zero-order valence-electron chi connectivity index (χ0n) is 12.5. The van der Waals surface area contributed by atoms with E-state index in [2.05, 4.69) is 10.2 Å². The lowest BCUT2D eigenvalue weighted by Crippen LogP contribution is -2.44. The molecule has 0 amide bonds. The van der Waals surface area contributed by atoms with Gasteiger partial charge in [-0.1, -0.05) is 0 Å². The van der Waals surface area contributed by atoms with E-state index < -0.39 is 6.43 Å². The standard InChI is InChI=1S/C15H22F2N2O2/c1-20-13-10-12(15(16)17)14(21-2)9-11(13)3-6-19-7-4-18-5-8-19/h9-10,15,18H,3-8H2,1-2H3. The molecule has 0 bridgehead atoms. The smallest absolute Gasteiger partial charge is 0.267 e. The molecule has 2 rings (SSSR count). The molecule has 118 valence electrons. The Balaban J connectivity index is 2.13. The van der Waals surface area contributed by atoms with Crippen LogP contribution in [0.4, 0.5) is 8.78 Å². The van der Waals surface area contributed by atoms with Crippen LogP contribution in [0.1, 0.15) is 17.6 Å². The first kappa shape index (κ1) is 16.0. The number of hydrogen-bond acceptors (Lipinski definition) is 4. The van der Waals surface area contributed by atoms with Gasteiger partial charge in [-0.15, -0.1) is 0 Å². The zero-order chi connectivity index (χ0) is 15.2. The van der Waals surface area contributed by atoms with Crippen molar-refractivity contribution >= 4 is 0 Å². The molecule has 1 aromatic carbocycles. The lowest BCUT2D eigenvalue weighted by Gasteiger charge is -2.27. The summed E-state index contributed by atoms with van der Waals surface area (Å²) < 4.78 is 36.3. The van der Waals surface area contributed by atoms with Gasteiger partial charge in [-0.2, -0.15) is 0 Å². The van der Waals surface area contributed by atoms with Gasteiger partial charge in [-0.05, 0) is 24.1 Å². The maximum absolute atomic E-state index is 13.0. The molecule has 0 unspecified atom stereocenters. The topological polar surface area (TPSA) is 33.7 Å². The molecule has 0 radical (unpaired) electrons. The van der Waals surface area contributed by atoms with E-state index in [1.165, 1.54) is 20.3 Å². The fraction of sp³-hybridized carbons (Fsp3) is 0.600. The summed E-state index contributed by atoms with van der Waals surface area (Å²) in [5.41, 5.74) is 0.776.